The van der Waals surface area contributed by atoms with Crippen molar-refractivity contribution in [2.45, 2.75) is 34.2 Å². The quantitative estimate of drug-likeness (QED) is 0.420. The first-order chi connectivity index (χ1) is 14.7. The van der Waals surface area contributed by atoms with Gasteiger partial charge in [-0.05, 0) is 57.5 Å². The van der Waals surface area contributed by atoms with Crippen LogP contribution in [0.2, 0.25) is 0 Å². The molecule has 2 aromatic rings. The summed E-state index contributed by atoms with van der Waals surface area (Å²) in [5, 5.41) is 0.733. The molecular formula is C26H29N3OS. The van der Waals surface area contributed by atoms with Gasteiger partial charge in [-0.2, -0.15) is 0 Å². The van der Waals surface area contributed by atoms with E-state index in [-0.39, 0.29) is 11.4 Å². The minimum atomic E-state index is -0.0676. The Kier molecular flexibility index (Phi) is 7.25. The van der Waals surface area contributed by atoms with E-state index in [0.717, 1.165) is 27.6 Å². The maximum absolute atomic E-state index is 13.4. The molecule has 0 atom stereocenters. The number of amidine groups is 1. The molecule has 1 aliphatic heterocycles. The summed E-state index contributed by atoms with van der Waals surface area (Å²) >= 11 is 1.57. The lowest BCUT2D eigenvalue weighted by Gasteiger charge is -2.36. The Bertz CT molecular complexity index is 1020. The number of urea groups is 1. The molecule has 0 aliphatic carbocycles. The van der Waals surface area contributed by atoms with Gasteiger partial charge in [0.2, 0.25) is 0 Å². The van der Waals surface area contributed by atoms with Crippen LogP contribution >= 0.6 is 11.8 Å². The fraction of sp³-hybridized carbons (Fsp3) is 0.308. The molecule has 0 unspecified atom stereocenters. The fourth-order valence-electron chi connectivity index (χ4n) is 2.88. The number of hydrogen-bond acceptors (Lipinski definition) is 3. The predicted molar refractivity (Wildman–Crippen MR) is 132 cm³/mol. The Morgan fingerprint density at radius 1 is 1.13 bits per heavy atom. The molecule has 5 heteroatoms. The summed E-state index contributed by atoms with van der Waals surface area (Å²) in [6.07, 6.45) is 0. The Hall–Kier alpha value is -2.97. The number of thioether (sulfide) groups is 1. The molecule has 0 saturated carbocycles. The summed E-state index contributed by atoms with van der Waals surface area (Å²) in [4.78, 5) is 21.6. The maximum atomic E-state index is 13.4. The van der Waals surface area contributed by atoms with Crippen LogP contribution in [-0.4, -0.2) is 28.5 Å². The topological polar surface area (TPSA) is 35.9 Å². The van der Waals surface area contributed by atoms with E-state index < -0.39 is 0 Å². The molecule has 1 aliphatic rings. The monoisotopic (exact) mass is 431 g/mol. The van der Waals surface area contributed by atoms with Crippen molar-refractivity contribution in [2.24, 2.45) is 10.4 Å². The zero-order valence-corrected chi connectivity index (χ0v) is 19.5. The normalized spacial score (nSPS) is 15.6. The van der Waals surface area contributed by atoms with Crippen molar-refractivity contribution in [3.05, 3.63) is 77.9 Å². The maximum Gasteiger partial charge on any atom is 0.331 e. The van der Waals surface area contributed by atoms with Crippen LogP contribution in [0, 0.1) is 17.3 Å². The number of carbonyl (C=O) groups is 1. The molecule has 3 rings (SSSR count). The van der Waals surface area contributed by atoms with Crippen molar-refractivity contribution in [1.29, 1.82) is 0 Å². The number of rotatable bonds is 5. The standard InChI is InChI=1S/C26H29N3OS/c1-20(2)17-27-24-28(25(30)29(19-31-24)23-9-7-6-8-10-23)18-22-13-11-21(12-14-22)15-16-26(3,4)5/h6-14H,1,17-19H2,2-5H3. The molecule has 1 fully saturated rings. The van der Waals surface area contributed by atoms with E-state index in [2.05, 4.69) is 44.2 Å². The Balaban J connectivity index is 1.84. The van der Waals surface area contributed by atoms with Crippen LogP contribution in [-0.2, 0) is 6.54 Å². The highest BCUT2D eigenvalue weighted by atomic mass is 32.2. The number of carbonyl (C=O) groups excluding carboxylic acids is 1. The van der Waals surface area contributed by atoms with Crippen molar-refractivity contribution in [1.82, 2.24) is 4.90 Å². The third-order valence-electron chi connectivity index (χ3n) is 4.44. The van der Waals surface area contributed by atoms with Crippen molar-refractivity contribution < 1.29 is 4.79 Å². The third kappa shape index (κ3) is 6.50. The van der Waals surface area contributed by atoms with E-state index in [4.69, 9.17) is 0 Å². The second-order valence-corrected chi connectivity index (χ2v) is 9.57. The average Bonchev–Trinajstić information content (AvgIpc) is 2.73. The Morgan fingerprint density at radius 2 is 1.81 bits per heavy atom. The first kappa shape index (κ1) is 22.7. The minimum absolute atomic E-state index is 0.0361. The summed E-state index contributed by atoms with van der Waals surface area (Å²) in [7, 11) is 0. The summed E-state index contributed by atoms with van der Waals surface area (Å²) in [5.41, 5.74) is 3.82. The summed E-state index contributed by atoms with van der Waals surface area (Å²) in [5.74, 6) is 7.01. The highest BCUT2D eigenvalue weighted by Gasteiger charge is 2.32. The highest BCUT2D eigenvalue weighted by Crippen LogP contribution is 2.27. The summed E-state index contributed by atoms with van der Waals surface area (Å²) in [6.45, 7) is 13.1. The lowest BCUT2D eigenvalue weighted by molar-refractivity contribution is 0.226. The smallest absolute Gasteiger partial charge is 0.284 e. The average molecular weight is 432 g/mol. The van der Waals surface area contributed by atoms with Gasteiger partial charge in [0.1, 0.15) is 0 Å². The zero-order valence-electron chi connectivity index (χ0n) is 18.7. The van der Waals surface area contributed by atoms with Crippen LogP contribution in [0.5, 0.6) is 0 Å². The molecule has 0 radical (unpaired) electrons. The molecule has 1 saturated heterocycles. The van der Waals surface area contributed by atoms with Crippen LogP contribution in [0.4, 0.5) is 10.5 Å². The number of amides is 2. The van der Waals surface area contributed by atoms with Crippen molar-refractivity contribution in [2.75, 3.05) is 17.3 Å². The first-order valence-corrected chi connectivity index (χ1v) is 11.3. The largest absolute Gasteiger partial charge is 0.331 e. The van der Waals surface area contributed by atoms with Gasteiger partial charge in [0.05, 0.1) is 19.0 Å². The zero-order chi connectivity index (χ0) is 22.4. The van der Waals surface area contributed by atoms with Gasteiger partial charge >= 0.3 is 6.03 Å². The van der Waals surface area contributed by atoms with Crippen LogP contribution in [0.15, 0.2) is 71.7 Å². The molecular weight excluding hydrogens is 402 g/mol. The molecule has 2 amide bonds. The number of benzene rings is 2. The number of aliphatic imine (C=N–C) groups is 1. The van der Waals surface area contributed by atoms with Gasteiger partial charge in [-0.15, -0.1) is 0 Å². The Labute approximate surface area is 190 Å². The van der Waals surface area contributed by atoms with Gasteiger partial charge in [0.25, 0.3) is 0 Å². The van der Waals surface area contributed by atoms with E-state index >= 15 is 0 Å². The second-order valence-electron chi connectivity index (χ2n) is 8.66. The summed E-state index contributed by atoms with van der Waals surface area (Å²) < 4.78 is 0. The van der Waals surface area contributed by atoms with Gasteiger partial charge in [0, 0.05) is 16.7 Å². The highest BCUT2D eigenvalue weighted by molar-refractivity contribution is 8.14. The predicted octanol–water partition coefficient (Wildman–Crippen LogP) is 6.15. The van der Waals surface area contributed by atoms with E-state index in [1.807, 2.05) is 61.5 Å². The van der Waals surface area contributed by atoms with Gasteiger partial charge in [0.15, 0.2) is 5.17 Å². The molecule has 4 nitrogen and oxygen atoms in total. The van der Waals surface area contributed by atoms with Crippen LogP contribution in [0.25, 0.3) is 0 Å². The lowest BCUT2D eigenvalue weighted by atomic mass is 9.97. The van der Waals surface area contributed by atoms with Gasteiger partial charge in [-0.1, -0.05) is 66.1 Å². The minimum Gasteiger partial charge on any atom is -0.284 e. The number of hydrogen-bond donors (Lipinski definition) is 0. The fourth-order valence-corrected chi connectivity index (χ4v) is 3.84. The SMILES string of the molecule is C=C(C)CN=C1SCN(c2ccccc2)C(=O)N1Cc1ccc(C#CC(C)(C)C)cc1. The molecule has 31 heavy (non-hydrogen) atoms. The van der Waals surface area contributed by atoms with Gasteiger partial charge < -0.3 is 0 Å². The van der Waals surface area contributed by atoms with Gasteiger partial charge in [-0.3, -0.25) is 14.8 Å². The first-order valence-electron chi connectivity index (χ1n) is 10.3. The molecule has 0 bridgehead atoms. The van der Waals surface area contributed by atoms with Crippen LogP contribution in [0.1, 0.15) is 38.8 Å². The van der Waals surface area contributed by atoms with E-state index in [0.29, 0.717) is 19.0 Å². The van der Waals surface area contributed by atoms with E-state index in [1.165, 1.54) is 0 Å². The molecule has 160 valence electrons. The number of nitrogens with zero attached hydrogens (tertiary/aromatic N) is 3. The Morgan fingerprint density at radius 3 is 2.42 bits per heavy atom. The van der Waals surface area contributed by atoms with E-state index in [1.54, 1.807) is 21.6 Å². The molecule has 0 N–H and O–H groups in total. The number of anilines is 1. The third-order valence-corrected chi connectivity index (χ3v) is 5.44. The molecule has 2 aromatic carbocycles. The van der Waals surface area contributed by atoms with Crippen LogP contribution in [0.3, 0.4) is 0 Å². The second kappa shape index (κ2) is 9.89. The van der Waals surface area contributed by atoms with Crippen molar-refractivity contribution in [3.63, 3.8) is 0 Å². The van der Waals surface area contributed by atoms with E-state index in [9.17, 15) is 4.79 Å². The van der Waals surface area contributed by atoms with Crippen molar-refractivity contribution in [3.8, 4) is 11.8 Å². The summed E-state index contributed by atoms with van der Waals surface area (Å²) in [6, 6.07) is 17.8. The molecule has 0 spiro atoms. The molecule has 0 aromatic heterocycles. The molecule has 1 heterocycles. The van der Waals surface area contributed by atoms with Crippen LogP contribution < -0.4 is 4.90 Å². The van der Waals surface area contributed by atoms with Crippen molar-refractivity contribution >= 4 is 28.6 Å². The number of para-hydroxylation sites is 1. The lowest BCUT2D eigenvalue weighted by Crippen LogP contribution is -2.49. The van der Waals surface area contributed by atoms with Gasteiger partial charge in [-0.25, -0.2) is 4.79 Å².